The number of benzene rings is 1. The van der Waals surface area contributed by atoms with Gasteiger partial charge < -0.3 is 10.2 Å². The lowest BCUT2D eigenvalue weighted by molar-refractivity contribution is 0.0772. The molecule has 1 amide bonds. The number of anilines is 2. The van der Waals surface area contributed by atoms with Gasteiger partial charge in [-0.05, 0) is 38.3 Å². The molecule has 2 aromatic rings. The van der Waals surface area contributed by atoms with Crippen molar-refractivity contribution in [1.29, 1.82) is 0 Å². The summed E-state index contributed by atoms with van der Waals surface area (Å²) in [6, 6.07) is 6.19. The van der Waals surface area contributed by atoms with Crippen molar-refractivity contribution in [3.8, 4) is 0 Å². The van der Waals surface area contributed by atoms with Gasteiger partial charge in [0.1, 0.15) is 0 Å². The summed E-state index contributed by atoms with van der Waals surface area (Å²) < 4.78 is 0. The number of carbonyl (C=O) groups excluding carboxylic acids is 1. The molecule has 0 spiro atoms. The van der Waals surface area contributed by atoms with Gasteiger partial charge in [-0.1, -0.05) is 25.1 Å². The number of aromatic nitrogens is 2. The Morgan fingerprint density at radius 2 is 1.78 bits per heavy atom. The van der Waals surface area contributed by atoms with Crippen molar-refractivity contribution < 1.29 is 4.79 Å². The highest BCUT2D eigenvalue weighted by Crippen LogP contribution is 2.23. The van der Waals surface area contributed by atoms with Crippen molar-refractivity contribution in [3.63, 3.8) is 0 Å². The van der Waals surface area contributed by atoms with Crippen LogP contribution in [0.1, 0.15) is 42.3 Å². The van der Waals surface area contributed by atoms with Crippen LogP contribution in [-0.4, -0.2) is 33.9 Å². The minimum absolute atomic E-state index is 0.0355. The number of rotatable bonds is 6. The van der Waals surface area contributed by atoms with Crippen molar-refractivity contribution in [3.05, 3.63) is 47.3 Å². The zero-order valence-electron chi connectivity index (χ0n) is 14.3. The highest BCUT2D eigenvalue weighted by molar-refractivity contribution is 5.93. The van der Waals surface area contributed by atoms with E-state index in [0.29, 0.717) is 24.6 Å². The van der Waals surface area contributed by atoms with E-state index in [1.807, 2.05) is 19.9 Å². The lowest BCUT2D eigenvalue weighted by Gasteiger charge is -2.18. The van der Waals surface area contributed by atoms with Crippen LogP contribution in [0.15, 0.2) is 30.6 Å². The molecule has 5 heteroatoms. The normalized spacial score (nSPS) is 10.4. The third-order valence-corrected chi connectivity index (χ3v) is 3.93. The zero-order valence-corrected chi connectivity index (χ0v) is 14.3. The highest BCUT2D eigenvalue weighted by Gasteiger charge is 2.13. The van der Waals surface area contributed by atoms with E-state index in [1.165, 1.54) is 5.56 Å². The summed E-state index contributed by atoms with van der Waals surface area (Å²) in [4.78, 5) is 22.6. The Hall–Kier alpha value is -2.43. The monoisotopic (exact) mass is 312 g/mol. The molecule has 5 nitrogen and oxygen atoms in total. The number of hydrogen-bond acceptors (Lipinski definition) is 4. The lowest BCUT2D eigenvalue weighted by Crippen LogP contribution is -2.30. The zero-order chi connectivity index (χ0) is 16.8. The molecule has 0 saturated carbocycles. The van der Waals surface area contributed by atoms with Crippen LogP contribution in [-0.2, 0) is 6.42 Å². The van der Waals surface area contributed by atoms with Gasteiger partial charge in [-0.3, -0.25) is 4.79 Å². The highest BCUT2D eigenvalue weighted by atomic mass is 16.2. The lowest BCUT2D eigenvalue weighted by atomic mass is 10.1. The Morgan fingerprint density at radius 1 is 1.13 bits per heavy atom. The maximum atomic E-state index is 12.3. The number of amides is 1. The number of carbonyl (C=O) groups is 1. The predicted molar refractivity (Wildman–Crippen MR) is 93.1 cm³/mol. The van der Waals surface area contributed by atoms with Crippen LogP contribution in [0.4, 0.5) is 11.6 Å². The molecule has 1 N–H and O–H groups in total. The molecule has 0 saturated heterocycles. The van der Waals surface area contributed by atoms with Crippen molar-refractivity contribution in [2.24, 2.45) is 0 Å². The quantitative estimate of drug-likeness (QED) is 0.886. The molecule has 23 heavy (non-hydrogen) atoms. The molecule has 1 aromatic carbocycles. The van der Waals surface area contributed by atoms with Gasteiger partial charge in [0.15, 0.2) is 0 Å². The summed E-state index contributed by atoms with van der Waals surface area (Å²) >= 11 is 0. The fraction of sp³-hybridized carbons (Fsp3) is 0.389. The molecule has 1 aromatic heterocycles. The summed E-state index contributed by atoms with van der Waals surface area (Å²) in [6.45, 7) is 9.45. The second kappa shape index (κ2) is 7.72. The van der Waals surface area contributed by atoms with Crippen LogP contribution >= 0.6 is 0 Å². The van der Waals surface area contributed by atoms with Crippen LogP contribution in [0.2, 0.25) is 0 Å². The van der Waals surface area contributed by atoms with Gasteiger partial charge in [0.05, 0.1) is 5.56 Å². The van der Waals surface area contributed by atoms with Crippen molar-refractivity contribution in [2.75, 3.05) is 18.4 Å². The summed E-state index contributed by atoms with van der Waals surface area (Å²) in [5.41, 5.74) is 3.92. The summed E-state index contributed by atoms with van der Waals surface area (Å²) in [7, 11) is 0. The maximum Gasteiger partial charge on any atom is 0.256 e. The van der Waals surface area contributed by atoms with Gasteiger partial charge in [-0.25, -0.2) is 9.97 Å². The van der Waals surface area contributed by atoms with Gasteiger partial charge >= 0.3 is 0 Å². The first-order valence-corrected chi connectivity index (χ1v) is 8.07. The van der Waals surface area contributed by atoms with Gasteiger partial charge in [0, 0.05) is 31.2 Å². The van der Waals surface area contributed by atoms with Crippen molar-refractivity contribution >= 4 is 17.5 Å². The van der Waals surface area contributed by atoms with Gasteiger partial charge in [-0.15, -0.1) is 0 Å². The van der Waals surface area contributed by atoms with Crippen LogP contribution in [0, 0.1) is 6.92 Å². The third kappa shape index (κ3) is 3.86. The maximum absolute atomic E-state index is 12.3. The third-order valence-electron chi connectivity index (χ3n) is 3.93. The molecular formula is C18H24N4O. The summed E-state index contributed by atoms with van der Waals surface area (Å²) in [5, 5.41) is 3.27. The fourth-order valence-electron chi connectivity index (χ4n) is 2.51. The molecule has 2 rings (SSSR count). The second-order valence-corrected chi connectivity index (χ2v) is 5.36. The molecule has 0 aliphatic rings. The molecule has 0 atom stereocenters. The topological polar surface area (TPSA) is 58.1 Å². The Balaban J connectivity index is 2.20. The van der Waals surface area contributed by atoms with Crippen LogP contribution in [0.25, 0.3) is 0 Å². The summed E-state index contributed by atoms with van der Waals surface area (Å²) in [6.07, 6.45) is 4.10. The van der Waals surface area contributed by atoms with Gasteiger partial charge in [0.25, 0.3) is 5.91 Å². The van der Waals surface area contributed by atoms with Crippen LogP contribution < -0.4 is 5.32 Å². The van der Waals surface area contributed by atoms with E-state index in [1.54, 1.807) is 17.3 Å². The molecule has 0 radical (unpaired) electrons. The van der Waals surface area contributed by atoms with Gasteiger partial charge in [-0.2, -0.15) is 0 Å². The number of hydrogen-bond donors (Lipinski definition) is 1. The first-order valence-electron chi connectivity index (χ1n) is 8.07. The molecular weight excluding hydrogens is 288 g/mol. The van der Waals surface area contributed by atoms with Crippen molar-refractivity contribution in [2.45, 2.75) is 34.1 Å². The van der Waals surface area contributed by atoms with E-state index < -0.39 is 0 Å². The Labute approximate surface area is 137 Å². The van der Waals surface area contributed by atoms with E-state index in [2.05, 4.69) is 41.3 Å². The number of para-hydroxylation sites is 1. The Bertz CT molecular complexity index is 663. The molecule has 0 bridgehead atoms. The first-order chi connectivity index (χ1) is 11.1. The second-order valence-electron chi connectivity index (χ2n) is 5.36. The van der Waals surface area contributed by atoms with E-state index in [-0.39, 0.29) is 5.91 Å². The van der Waals surface area contributed by atoms with E-state index in [0.717, 1.165) is 17.7 Å². The standard InChI is InChI=1S/C18H24N4O/c1-5-14-10-8-9-13(4)16(14)21-18-19-11-15(12-20-18)17(23)22(6-2)7-3/h8-12H,5-7H2,1-4H3,(H,19,20,21). The molecule has 122 valence electrons. The van der Waals surface area contributed by atoms with E-state index >= 15 is 0 Å². The molecule has 0 fully saturated rings. The molecule has 0 aliphatic heterocycles. The van der Waals surface area contributed by atoms with Crippen LogP contribution in [0.3, 0.4) is 0 Å². The van der Waals surface area contributed by atoms with E-state index in [4.69, 9.17) is 0 Å². The van der Waals surface area contributed by atoms with E-state index in [9.17, 15) is 4.79 Å². The average molecular weight is 312 g/mol. The molecule has 0 unspecified atom stereocenters. The predicted octanol–water partition coefficient (Wildman–Crippen LogP) is 3.57. The first kappa shape index (κ1) is 16.9. The Morgan fingerprint density at radius 3 is 2.35 bits per heavy atom. The number of nitrogens with zero attached hydrogens (tertiary/aromatic N) is 3. The Kier molecular flexibility index (Phi) is 5.68. The summed E-state index contributed by atoms with van der Waals surface area (Å²) in [5.74, 6) is 0.469. The minimum atomic E-state index is -0.0355. The van der Waals surface area contributed by atoms with Crippen molar-refractivity contribution in [1.82, 2.24) is 14.9 Å². The fourth-order valence-corrected chi connectivity index (χ4v) is 2.51. The minimum Gasteiger partial charge on any atom is -0.339 e. The number of nitrogens with one attached hydrogen (secondary N) is 1. The SMILES string of the molecule is CCc1cccc(C)c1Nc1ncc(C(=O)N(CC)CC)cn1. The molecule has 0 aliphatic carbocycles. The number of aryl methyl sites for hydroxylation is 2. The largest absolute Gasteiger partial charge is 0.339 e. The van der Waals surface area contributed by atoms with Gasteiger partial charge in [0.2, 0.25) is 5.95 Å². The van der Waals surface area contributed by atoms with Crippen LogP contribution in [0.5, 0.6) is 0 Å². The molecule has 1 heterocycles. The average Bonchev–Trinajstić information content (AvgIpc) is 2.58. The smallest absolute Gasteiger partial charge is 0.256 e.